The standard InChI is InChI=1S/C16H28/c1-12-5-7-16-11-14(6-8-15(16)9-12)10-13-3-2-4-13/h12-16H,2-11H2,1H3. The number of rotatable bonds is 2. The summed E-state index contributed by atoms with van der Waals surface area (Å²) in [4.78, 5) is 0. The second-order valence-corrected chi connectivity index (χ2v) is 7.15. The zero-order valence-electron chi connectivity index (χ0n) is 11.0. The summed E-state index contributed by atoms with van der Waals surface area (Å²) in [6.07, 6.45) is 15.6. The van der Waals surface area contributed by atoms with Crippen molar-refractivity contribution >= 4 is 0 Å². The van der Waals surface area contributed by atoms with Crippen molar-refractivity contribution in [2.75, 3.05) is 0 Å². The van der Waals surface area contributed by atoms with Crippen LogP contribution in [0.5, 0.6) is 0 Å². The molecule has 0 aromatic rings. The van der Waals surface area contributed by atoms with Crippen LogP contribution in [0.1, 0.15) is 71.1 Å². The van der Waals surface area contributed by atoms with Crippen molar-refractivity contribution < 1.29 is 0 Å². The van der Waals surface area contributed by atoms with Crippen molar-refractivity contribution in [3.8, 4) is 0 Å². The lowest BCUT2D eigenvalue weighted by Gasteiger charge is -2.43. The number of hydrogen-bond donors (Lipinski definition) is 0. The van der Waals surface area contributed by atoms with Crippen LogP contribution in [0.25, 0.3) is 0 Å². The molecule has 92 valence electrons. The minimum absolute atomic E-state index is 1.03. The molecule has 0 aromatic heterocycles. The lowest BCUT2D eigenvalue weighted by atomic mass is 9.63. The second-order valence-electron chi connectivity index (χ2n) is 7.15. The zero-order chi connectivity index (χ0) is 11.0. The molecule has 0 N–H and O–H groups in total. The Morgan fingerprint density at radius 2 is 1.50 bits per heavy atom. The average Bonchev–Trinajstić information content (AvgIpc) is 2.23. The molecule has 0 heteroatoms. The summed E-state index contributed by atoms with van der Waals surface area (Å²) < 4.78 is 0. The summed E-state index contributed by atoms with van der Waals surface area (Å²) in [7, 11) is 0. The van der Waals surface area contributed by atoms with Crippen LogP contribution in [0.15, 0.2) is 0 Å². The van der Waals surface area contributed by atoms with E-state index in [9.17, 15) is 0 Å². The van der Waals surface area contributed by atoms with Crippen molar-refractivity contribution in [2.45, 2.75) is 71.1 Å². The van der Waals surface area contributed by atoms with Crippen LogP contribution in [0.3, 0.4) is 0 Å². The van der Waals surface area contributed by atoms with Gasteiger partial charge in [-0.15, -0.1) is 0 Å². The highest BCUT2D eigenvalue weighted by molar-refractivity contribution is 4.86. The van der Waals surface area contributed by atoms with Gasteiger partial charge in [-0.25, -0.2) is 0 Å². The van der Waals surface area contributed by atoms with Gasteiger partial charge in [-0.1, -0.05) is 39.0 Å². The summed E-state index contributed by atoms with van der Waals surface area (Å²) in [5.41, 5.74) is 0. The van der Waals surface area contributed by atoms with Crippen LogP contribution < -0.4 is 0 Å². The molecule has 0 saturated heterocycles. The molecule has 3 saturated carbocycles. The SMILES string of the molecule is CC1CCC2CC(CC3CCC3)CCC2C1. The van der Waals surface area contributed by atoms with Crippen molar-refractivity contribution in [3.63, 3.8) is 0 Å². The fourth-order valence-electron chi connectivity index (χ4n) is 4.64. The maximum atomic E-state index is 2.47. The maximum Gasteiger partial charge on any atom is -0.0383 e. The first kappa shape index (κ1) is 11.1. The summed E-state index contributed by atoms with van der Waals surface area (Å²) in [6, 6.07) is 0. The Hall–Kier alpha value is 0. The molecule has 0 heterocycles. The van der Waals surface area contributed by atoms with Gasteiger partial charge in [0.1, 0.15) is 0 Å². The largest absolute Gasteiger partial charge is 0.0625 e. The summed E-state index contributed by atoms with van der Waals surface area (Å²) >= 11 is 0. The minimum atomic E-state index is 1.03. The molecule has 3 fully saturated rings. The van der Waals surface area contributed by atoms with E-state index in [1.165, 1.54) is 12.8 Å². The van der Waals surface area contributed by atoms with Crippen molar-refractivity contribution in [1.29, 1.82) is 0 Å². The second kappa shape index (κ2) is 4.70. The summed E-state index contributed by atoms with van der Waals surface area (Å²) in [5.74, 6) is 5.56. The molecule has 16 heavy (non-hydrogen) atoms. The van der Waals surface area contributed by atoms with Crippen LogP contribution in [0.2, 0.25) is 0 Å². The summed E-state index contributed by atoms with van der Waals surface area (Å²) in [5, 5.41) is 0. The molecule has 4 atom stereocenters. The Labute approximate surface area is 101 Å². The van der Waals surface area contributed by atoms with Gasteiger partial charge in [0, 0.05) is 0 Å². The van der Waals surface area contributed by atoms with Gasteiger partial charge in [0.15, 0.2) is 0 Å². The fraction of sp³-hybridized carbons (Fsp3) is 1.00. The third-order valence-corrected chi connectivity index (χ3v) is 5.88. The van der Waals surface area contributed by atoms with Gasteiger partial charge in [-0.2, -0.15) is 0 Å². The van der Waals surface area contributed by atoms with E-state index >= 15 is 0 Å². The van der Waals surface area contributed by atoms with E-state index in [4.69, 9.17) is 0 Å². The van der Waals surface area contributed by atoms with Crippen LogP contribution in [-0.2, 0) is 0 Å². The van der Waals surface area contributed by atoms with Crippen molar-refractivity contribution in [1.82, 2.24) is 0 Å². The molecular weight excluding hydrogens is 192 g/mol. The van der Waals surface area contributed by atoms with E-state index in [2.05, 4.69) is 6.92 Å². The molecule has 0 radical (unpaired) electrons. The average molecular weight is 220 g/mol. The van der Waals surface area contributed by atoms with E-state index in [-0.39, 0.29) is 0 Å². The molecule has 0 nitrogen and oxygen atoms in total. The Balaban J connectivity index is 1.50. The fourth-order valence-corrected chi connectivity index (χ4v) is 4.64. The van der Waals surface area contributed by atoms with Gasteiger partial charge in [0.25, 0.3) is 0 Å². The van der Waals surface area contributed by atoms with E-state index < -0.39 is 0 Å². The highest BCUT2D eigenvalue weighted by atomic mass is 14.4. The van der Waals surface area contributed by atoms with E-state index in [1.54, 1.807) is 51.4 Å². The van der Waals surface area contributed by atoms with Gasteiger partial charge in [-0.05, 0) is 61.7 Å². The quantitative estimate of drug-likeness (QED) is 0.612. The van der Waals surface area contributed by atoms with E-state index in [0.29, 0.717) is 0 Å². The molecule has 0 aromatic carbocycles. The zero-order valence-corrected chi connectivity index (χ0v) is 11.0. The van der Waals surface area contributed by atoms with Gasteiger partial charge in [0.2, 0.25) is 0 Å². The minimum Gasteiger partial charge on any atom is -0.0625 e. The molecule has 0 amide bonds. The van der Waals surface area contributed by atoms with Crippen LogP contribution >= 0.6 is 0 Å². The van der Waals surface area contributed by atoms with E-state index in [1.807, 2.05) is 0 Å². The van der Waals surface area contributed by atoms with Crippen molar-refractivity contribution in [3.05, 3.63) is 0 Å². The van der Waals surface area contributed by atoms with Gasteiger partial charge >= 0.3 is 0 Å². The number of hydrogen-bond acceptors (Lipinski definition) is 0. The molecule has 0 spiro atoms. The van der Waals surface area contributed by atoms with Gasteiger partial charge in [-0.3, -0.25) is 0 Å². The summed E-state index contributed by atoms with van der Waals surface area (Å²) in [6.45, 7) is 2.47. The van der Waals surface area contributed by atoms with Crippen LogP contribution in [0, 0.1) is 29.6 Å². The molecule has 0 bridgehead atoms. The highest BCUT2D eigenvalue weighted by Crippen LogP contribution is 2.47. The lowest BCUT2D eigenvalue weighted by Crippen LogP contribution is -2.31. The smallest absolute Gasteiger partial charge is 0.0383 e. The molecule has 0 aliphatic heterocycles. The van der Waals surface area contributed by atoms with Crippen LogP contribution in [-0.4, -0.2) is 0 Å². The Morgan fingerprint density at radius 3 is 2.25 bits per heavy atom. The molecule has 4 unspecified atom stereocenters. The Morgan fingerprint density at radius 1 is 0.750 bits per heavy atom. The first-order valence-corrected chi connectivity index (χ1v) is 7.81. The van der Waals surface area contributed by atoms with Crippen LogP contribution in [0.4, 0.5) is 0 Å². The lowest BCUT2D eigenvalue weighted by molar-refractivity contribution is 0.0856. The number of fused-ring (bicyclic) bond motifs is 1. The first-order chi connectivity index (χ1) is 7.81. The van der Waals surface area contributed by atoms with Gasteiger partial charge < -0.3 is 0 Å². The normalized spacial score (nSPS) is 44.8. The van der Waals surface area contributed by atoms with E-state index in [0.717, 1.165) is 29.6 Å². The van der Waals surface area contributed by atoms with Gasteiger partial charge in [0.05, 0.1) is 0 Å². The predicted octanol–water partition coefficient (Wildman–Crippen LogP) is 5.03. The topological polar surface area (TPSA) is 0 Å². The molecule has 3 aliphatic carbocycles. The molecule has 3 aliphatic rings. The maximum absolute atomic E-state index is 2.47. The highest BCUT2D eigenvalue weighted by Gasteiger charge is 2.35. The first-order valence-electron chi connectivity index (χ1n) is 7.81. The molecule has 3 rings (SSSR count). The monoisotopic (exact) mass is 220 g/mol. The Bertz CT molecular complexity index is 228. The molecular formula is C16H28. The Kier molecular flexibility index (Phi) is 3.27. The van der Waals surface area contributed by atoms with Crippen molar-refractivity contribution in [2.24, 2.45) is 29.6 Å². The third kappa shape index (κ3) is 2.31. The predicted molar refractivity (Wildman–Crippen MR) is 69.3 cm³/mol. The third-order valence-electron chi connectivity index (χ3n) is 5.88.